The molecule has 0 bridgehead atoms. The van der Waals surface area contributed by atoms with Crippen LogP contribution in [0.2, 0.25) is 0 Å². The van der Waals surface area contributed by atoms with E-state index in [0.717, 1.165) is 12.8 Å². The van der Waals surface area contributed by atoms with Gasteiger partial charge >= 0.3 is 0 Å². The van der Waals surface area contributed by atoms with Crippen LogP contribution < -0.4 is 5.73 Å². The van der Waals surface area contributed by atoms with Crippen molar-refractivity contribution in [2.45, 2.75) is 18.1 Å². The summed E-state index contributed by atoms with van der Waals surface area (Å²) in [6.45, 7) is 0.294. The van der Waals surface area contributed by atoms with Crippen molar-refractivity contribution in [1.29, 1.82) is 0 Å². The second-order valence-electron chi connectivity index (χ2n) is 2.37. The van der Waals surface area contributed by atoms with Gasteiger partial charge in [-0.25, -0.2) is 8.42 Å². The molecule has 1 aliphatic heterocycles. The monoisotopic (exact) mass is 185 g/mol. The van der Waals surface area contributed by atoms with Crippen LogP contribution in [0.5, 0.6) is 0 Å². The zero-order valence-corrected chi connectivity index (χ0v) is 7.25. The summed E-state index contributed by atoms with van der Waals surface area (Å²) in [4.78, 5) is 0. The maximum atomic E-state index is 10.9. The molecule has 1 rings (SSSR count). The van der Waals surface area contributed by atoms with Crippen molar-refractivity contribution in [2.24, 2.45) is 5.73 Å². The van der Waals surface area contributed by atoms with Crippen LogP contribution >= 0.6 is 12.4 Å². The van der Waals surface area contributed by atoms with Gasteiger partial charge in [0.05, 0.1) is 11.0 Å². The van der Waals surface area contributed by atoms with Crippen LogP contribution in [0, 0.1) is 0 Å². The molecule has 1 heterocycles. The first-order valence-electron chi connectivity index (χ1n) is 3.08. The van der Waals surface area contributed by atoms with E-state index in [9.17, 15) is 8.42 Å². The Labute approximate surface area is 67.3 Å². The Kier molecular flexibility index (Phi) is 3.62. The number of sulfone groups is 1. The van der Waals surface area contributed by atoms with E-state index in [1.807, 2.05) is 0 Å². The third-order valence-corrected chi connectivity index (χ3v) is 4.03. The van der Waals surface area contributed by atoms with Gasteiger partial charge in [-0.3, -0.25) is 0 Å². The third-order valence-electron chi connectivity index (χ3n) is 1.73. The first-order valence-corrected chi connectivity index (χ1v) is 4.80. The van der Waals surface area contributed by atoms with E-state index in [0.29, 0.717) is 12.3 Å². The van der Waals surface area contributed by atoms with Gasteiger partial charge < -0.3 is 5.73 Å². The fourth-order valence-corrected chi connectivity index (χ4v) is 2.84. The lowest BCUT2D eigenvalue weighted by molar-refractivity contribution is 0.590. The minimum Gasteiger partial charge on any atom is -0.329 e. The zero-order chi connectivity index (χ0) is 6.91. The van der Waals surface area contributed by atoms with Crippen LogP contribution in [0.25, 0.3) is 0 Å². The summed E-state index contributed by atoms with van der Waals surface area (Å²) < 4.78 is 21.8. The van der Waals surface area contributed by atoms with E-state index < -0.39 is 9.84 Å². The molecule has 5 heteroatoms. The highest BCUT2D eigenvalue weighted by Crippen LogP contribution is 2.18. The molecule has 0 aromatic rings. The third kappa shape index (κ3) is 1.84. The summed E-state index contributed by atoms with van der Waals surface area (Å²) >= 11 is 0. The van der Waals surface area contributed by atoms with Crippen molar-refractivity contribution in [3.63, 3.8) is 0 Å². The molecule has 62 valence electrons. The number of nitrogens with two attached hydrogens (primary N) is 1. The van der Waals surface area contributed by atoms with Gasteiger partial charge in [-0.15, -0.1) is 12.4 Å². The van der Waals surface area contributed by atoms with Crippen molar-refractivity contribution in [2.75, 3.05) is 12.3 Å². The summed E-state index contributed by atoms with van der Waals surface area (Å²) in [5.74, 6) is 0.342. The van der Waals surface area contributed by atoms with Crippen molar-refractivity contribution in [3.05, 3.63) is 0 Å². The van der Waals surface area contributed by atoms with Crippen LogP contribution in [0.1, 0.15) is 12.8 Å². The SMILES string of the molecule is Cl.NCC1CCCS1(=O)=O. The minimum atomic E-state index is -2.76. The van der Waals surface area contributed by atoms with Crippen LogP contribution in [-0.4, -0.2) is 26.0 Å². The average Bonchev–Trinajstić information content (AvgIpc) is 2.08. The lowest BCUT2D eigenvalue weighted by Crippen LogP contribution is -2.25. The Morgan fingerprint density at radius 1 is 1.50 bits per heavy atom. The Balaban J connectivity index is 0.000000810. The summed E-state index contributed by atoms with van der Waals surface area (Å²) in [5, 5.41) is -0.238. The van der Waals surface area contributed by atoms with Gasteiger partial charge in [0.15, 0.2) is 9.84 Å². The van der Waals surface area contributed by atoms with E-state index in [1.165, 1.54) is 0 Å². The first-order chi connectivity index (χ1) is 4.17. The molecule has 0 spiro atoms. The molecule has 0 amide bonds. The molecule has 0 saturated carbocycles. The molecule has 1 saturated heterocycles. The smallest absolute Gasteiger partial charge is 0.154 e. The van der Waals surface area contributed by atoms with Crippen LogP contribution in [0.3, 0.4) is 0 Å². The Morgan fingerprint density at radius 3 is 2.30 bits per heavy atom. The number of hydrogen-bond acceptors (Lipinski definition) is 3. The van der Waals surface area contributed by atoms with E-state index >= 15 is 0 Å². The second-order valence-corrected chi connectivity index (χ2v) is 4.77. The molecular weight excluding hydrogens is 174 g/mol. The van der Waals surface area contributed by atoms with Crippen LogP contribution in [0.15, 0.2) is 0 Å². The predicted octanol–water partition coefficient (Wildman–Crippen LogP) is -0.0559. The molecule has 1 unspecified atom stereocenters. The lowest BCUT2D eigenvalue weighted by Gasteiger charge is -2.02. The number of hydrogen-bond donors (Lipinski definition) is 1. The van der Waals surface area contributed by atoms with Crippen molar-refractivity contribution in [3.8, 4) is 0 Å². The average molecular weight is 186 g/mol. The molecule has 0 radical (unpaired) electrons. The molecule has 0 aromatic carbocycles. The largest absolute Gasteiger partial charge is 0.329 e. The van der Waals surface area contributed by atoms with Gasteiger partial charge in [-0.05, 0) is 12.8 Å². The molecule has 10 heavy (non-hydrogen) atoms. The van der Waals surface area contributed by atoms with E-state index in [4.69, 9.17) is 5.73 Å². The maximum Gasteiger partial charge on any atom is 0.154 e. The Hall–Kier alpha value is 0.200. The Morgan fingerprint density at radius 2 is 2.10 bits per heavy atom. The van der Waals surface area contributed by atoms with Crippen molar-refractivity contribution in [1.82, 2.24) is 0 Å². The van der Waals surface area contributed by atoms with Crippen molar-refractivity contribution >= 4 is 22.2 Å². The lowest BCUT2D eigenvalue weighted by atomic mass is 10.2. The minimum absolute atomic E-state index is 0. The fourth-order valence-electron chi connectivity index (χ4n) is 1.12. The van der Waals surface area contributed by atoms with Gasteiger partial charge in [0.2, 0.25) is 0 Å². The Bertz CT molecular complexity index is 190. The molecule has 1 fully saturated rings. The van der Waals surface area contributed by atoms with Gasteiger partial charge in [0, 0.05) is 6.54 Å². The molecule has 3 nitrogen and oxygen atoms in total. The summed E-state index contributed by atoms with van der Waals surface area (Å²) in [6, 6.07) is 0. The van der Waals surface area contributed by atoms with E-state index in [-0.39, 0.29) is 17.7 Å². The number of rotatable bonds is 1. The quantitative estimate of drug-likeness (QED) is 0.623. The van der Waals surface area contributed by atoms with E-state index in [1.54, 1.807) is 0 Å². The van der Waals surface area contributed by atoms with Gasteiger partial charge in [0.25, 0.3) is 0 Å². The molecule has 0 aliphatic carbocycles. The maximum absolute atomic E-state index is 10.9. The van der Waals surface area contributed by atoms with Crippen LogP contribution in [-0.2, 0) is 9.84 Å². The van der Waals surface area contributed by atoms with Gasteiger partial charge in [0.1, 0.15) is 0 Å². The zero-order valence-electron chi connectivity index (χ0n) is 5.62. The summed E-state index contributed by atoms with van der Waals surface area (Å²) in [7, 11) is -2.76. The second kappa shape index (κ2) is 3.55. The summed E-state index contributed by atoms with van der Waals surface area (Å²) in [5.41, 5.74) is 5.23. The molecular formula is C5H12ClNO2S. The first kappa shape index (κ1) is 10.2. The fraction of sp³-hybridized carbons (Fsp3) is 1.00. The van der Waals surface area contributed by atoms with Crippen LogP contribution in [0.4, 0.5) is 0 Å². The molecule has 1 atom stereocenters. The predicted molar refractivity (Wildman–Crippen MR) is 43.1 cm³/mol. The standard InChI is InChI=1S/C5H11NO2S.ClH/c6-4-5-2-1-3-9(5,7)8;/h5H,1-4,6H2;1H. The van der Waals surface area contributed by atoms with E-state index in [2.05, 4.69) is 0 Å². The van der Waals surface area contributed by atoms with Gasteiger partial charge in [-0.2, -0.15) is 0 Å². The molecule has 2 N–H and O–H groups in total. The van der Waals surface area contributed by atoms with Crippen molar-refractivity contribution < 1.29 is 8.42 Å². The number of halogens is 1. The highest BCUT2D eigenvalue weighted by molar-refractivity contribution is 7.92. The molecule has 1 aliphatic rings. The summed E-state index contributed by atoms with van der Waals surface area (Å²) in [6.07, 6.45) is 1.56. The van der Waals surface area contributed by atoms with Gasteiger partial charge in [-0.1, -0.05) is 0 Å². The highest BCUT2D eigenvalue weighted by atomic mass is 35.5. The molecule has 0 aromatic heterocycles. The normalized spacial score (nSPS) is 29.5. The highest BCUT2D eigenvalue weighted by Gasteiger charge is 2.29. The topological polar surface area (TPSA) is 60.2 Å².